The van der Waals surface area contributed by atoms with E-state index in [0.717, 1.165) is 12.0 Å². The average molecular weight is 314 g/mol. The Morgan fingerprint density at radius 3 is 2.48 bits per heavy atom. The Labute approximate surface area is 128 Å². The molecule has 0 radical (unpaired) electrons. The number of nitrogens with zero attached hydrogens (tertiary/aromatic N) is 1. The quantitative estimate of drug-likeness (QED) is 0.799. The molecule has 1 aromatic rings. The predicted molar refractivity (Wildman–Crippen MR) is 85.1 cm³/mol. The van der Waals surface area contributed by atoms with Gasteiger partial charge >= 0.3 is 0 Å². The highest BCUT2D eigenvalue weighted by Crippen LogP contribution is 2.29. The molecular weight excluding hydrogens is 288 g/mol. The van der Waals surface area contributed by atoms with Crippen LogP contribution in [0.3, 0.4) is 0 Å². The van der Waals surface area contributed by atoms with Crippen molar-refractivity contribution in [2.24, 2.45) is 0 Å². The zero-order valence-electron chi connectivity index (χ0n) is 13.5. The maximum atomic E-state index is 12.8. The van der Waals surface area contributed by atoms with Crippen LogP contribution in [-0.4, -0.2) is 39.5 Å². The molecule has 1 rings (SSSR count). The van der Waals surface area contributed by atoms with Gasteiger partial charge < -0.3 is 10.1 Å². The molecule has 0 aliphatic carbocycles. The Hall–Kier alpha value is -1.11. The fourth-order valence-electron chi connectivity index (χ4n) is 2.24. The van der Waals surface area contributed by atoms with E-state index in [1.807, 2.05) is 33.9 Å². The van der Waals surface area contributed by atoms with Crippen LogP contribution in [0, 0.1) is 0 Å². The number of ether oxygens (including phenoxy) is 1. The fraction of sp³-hybridized carbons (Fsp3) is 0.600. The smallest absolute Gasteiger partial charge is 0.246 e. The largest absolute Gasteiger partial charge is 0.495 e. The van der Waals surface area contributed by atoms with Crippen LogP contribution in [0.25, 0.3) is 0 Å². The molecule has 21 heavy (non-hydrogen) atoms. The van der Waals surface area contributed by atoms with E-state index in [4.69, 9.17) is 4.74 Å². The molecule has 0 fully saturated rings. The van der Waals surface area contributed by atoms with Crippen LogP contribution in [0.2, 0.25) is 0 Å². The molecule has 0 heterocycles. The lowest BCUT2D eigenvalue weighted by molar-refractivity contribution is 0.349. The first-order chi connectivity index (χ1) is 9.88. The Morgan fingerprint density at radius 1 is 1.33 bits per heavy atom. The van der Waals surface area contributed by atoms with Crippen molar-refractivity contribution in [3.63, 3.8) is 0 Å². The number of rotatable bonds is 8. The minimum absolute atomic E-state index is 0.0864. The van der Waals surface area contributed by atoms with E-state index in [1.165, 1.54) is 11.4 Å². The topological polar surface area (TPSA) is 58.6 Å². The molecule has 0 amide bonds. The molecular formula is C15H26N2O3S. The van der Waals surface area contributed by atoms with Gasteiger partial charge in [0.2, 0.25) is 10.0 Å². The van der Waals surface area contributed by atoms with Gasteiger partial charge in [0.1, 0.15) is 10.6 Å². The van der Waals surface area contributed by atoms with Crippen LogP contribution in [-0.2, 0) is 16.6 Å². The van der Waals surface area contributed by atoms with Gasteiger partial charge in [0.25, 0.3) is 0 Å². The van der Waals surface area contributed by atoms with Gasteiger partial charge in [0.05, 0.1) is 7.11 Å². The van der Waals surface area contributed by atoms with Crippen molar-refractivity contribution in [3.05, 3.63) is 23.8 Å². The maximum absolute atomic E-state index is 12.8. The molecule has 0 saturated heterocycles. The van der Waals surface area contributed by atoms with Crippen molar-refractivity contribution < 1.29 is 13.2 Å². The van der Waals surface area contributed by atoms with Crippen molar-refractivity contribution in [1.82, 2.24) is 9.62 Å². The van der Waals surface area contributed by atoms with E-state index < -0.39 is 10.0 Å². The first-order valence-corrected chi connectivity index (χ1v) is 8.65. The minimum atomic E-state index is -3.55. The summed E-state index contributed by atoms with van der Waals surface area (Å²) in [5.74, 6) is 0.393. The van der Waals surface area contributed by atoms with Gasteiger partial charge in [0.15, 0.2) is 0 Å². The van der Waals surface area contributed by atoms with E-state index in [1.54, 1.807) is 12.1 Å². The van der Waals surface area contributed by atoms with Gasteiger partial charge in [-0.05, 0) is 45.0 Å². The Kier molecular flexibility index (Phi) is 6.64. The molecule has 0 unspecified atom stereocenters. The lowest BCUT2D eigenvalue weighted by Gasteiger charge is -2.26. The summed E-state index contributed by atoms with van der Waals surface area (Å²) in [6.45, 7) is 6.91. The van der Waals surface area contributed by atoms with E-state index in [0.29, 0.717) is 18.8 Å². The zero-order valence-corrected chi connectivity index (χ0v) is 14.3. The molecule has 1 N–H and O–H groups in total. The molecule has 0 aromatic heterocycles. The highest BCUT2D eigenvalue weighted by molar-refractivity contribution is 7.89. The molecule has 1 aromatic carbocycles. The van der Waals surface area contributed by atoms with Gasteiger partial charge in [-0.2, -0.15) is 4.31 Å². The number of hydrogen-bond acceptors (Lipinski definition) is 4. The van der Waals surface area contributed by atoms with Crippen molar-refractivity contribution in [2.75, 3.05) is 20.7 Å². The van der Waals surface area contributed by atoms with E-state index in [2.05, 4.69) is 5.32 Å². The monoisotopic (exact) mass is 314 g/mol. The van der Waals surface area contributed by atoms with Crippen LogP contribution in [0.1, 0.15) is 32.8 Å². The second kappa shape index (κ2) is 7.77. The third-order valence-electron chi connectivity index (χ3n) is 3.22. The van der Waals surface area contributed by atoms with E-state index in [-0.39, 0.29) is 10.9 Å². The first kappa shape index (κ1) is 17.9. The molecule has 0 aliphatic rings. The highest BCUT2D eigenvalue weighted by atomic mass is 32.2. The van der Waals surface area contributed by atoms with Crippen LogP contribution in [0.4, 0.5) is 0 Å². The molecule has 6 heteroatoms. The Morgan fingerprint density at radius 2 is 2.00 bits per heavy atom. The molecule has 0 atom stereocenters. The fourth-order valence-corrected chi connectivity index (χ4v) is 4.11. The second-order valence-corrected chi connectivity index (χ2v) is 7.08. The van der Waals surface area contributed by atoms with Crippen LogP contribution >= 0.6 is 0 Å². The van der Waals surface area contributed by atoms with E-state index >= 15 is 0 Å². The lowest BCUT2D eigenvalue weighted by atomic mass is 10.2. The summed E-state index contributed by atoms with van der Waals surface area (Å²) in [6.07, 6.45) is 0.775. The number of benzene rings is 1. The third kappa shape index (κ3) is 4.18. The summed E-state index contributed by atoms with van der Waals surface area (Å²) in [7, 11) is -0.206. The molecule has 0 spiro atoms. The van der Waals surface area contributed by atoms with Gasteiger partial charge in [-0.1, -0.05) is 13.0 Å². The standard InChI is InChI=1S/C15H26N2O3S/c1-6-9-17(12(2)3)21(18,19)15-8-7-13(11-16-4)10-14(15)20-5/h7-8,10,12,16H,6,9,11H2,1-5H3. The lowest BCUT2D eigenvalue weighted by Crippen LogP contribution is -2.37. The van der Waals surface area contributed by atoms with Gasteiger partial charge in [-0.3, -0.25) is 0 Å². The summed E-state index contributed by atoms with van der Waals surface area (Å²) < 4.78 is 32.5. The normalized spacial score (nSPS) is 12.1. The first-order valence-electron chi connectivity index (χ1n) is 7.21. The number of hydrogen-bond donors (Lipinski definition) is 1. The van der Waals surface area contributed by atoms with Crippen molar-refractivity contribution in [3.8, 4) is 5.75 Å². The van der Waals surface area contributed by atoms with Gasteiger partial charge in [0, 0.05) is 19.1 Å². The van der Waals surface area contributed by atoms with Crippen molar-refractivity contribution in [1.29, 1.82) is 0 Å². The van der Waals surface area contributed by atoms with Crippen LogP contribution in [0.5, 0.6) is 5.75 Å². The van der Waals surface area contributed by atoms with Crippen LogP contribution in [0.15, 0.2) is 23.1 Å². The summed E-state index contributed by atoms with van der Waals surface area (Å²) >= 11 is 0. The Balaban J connectivity index is 3.29. The number of nitrogens with one attached hydrogen (secondary N) is 1. The molecule has 0 aliphatic heterocycles. The summed E-state index contributed by atoms with van der Waals surface area (Å²) in [6, 6.07) is 5.13. The molecule has 0 bridgehead atoms. The third-order valence-corrected chi connectivity index (χ3v) is 5.33. The SMILES string of the molecule is CCCN(C(C)C)S(=O)(=O)c1ccc(CNC)cc1OC. The molecule has 5 nitrogen and oxygen atoms in total. The maximum Gasteiger partial charge on any atom is 0.246 e. The van der Waals surface area contributed by atoms with Crippen molar-refractivity contribution in [2.45, 2.75) is 44.7 Å². The van der Waals surface area contributed by atoms with E-state index in [9.17, 15) is 8.42 Å². The highest BCUT2D eigenvalue weighted by Gasteiger charge is 2.29. The Bertz CT molecular complexity index is 556. The van der Waals surface area contributed by atoms with Crippen molar-refractivity contribution >= 4 is 10.0 Å². The van der Waals surface area contributed by atoms with Gasteiger partial charge in [-0.25, -0.2) is 8.42 Å². The zero-order chi connectivity index (χ0) is 16.0. The van der Waals surface area contributed by atoms with Crippen LogP contribution < -0.4 is 10.1 Å². The summed E-state index contributed by atoms with van der Waals surface area (Å²) in [5.41, 5.74) is 0.986. The second-order valence-electron chi connectivity index (χ2n) is 5.23. The van der Waals surface area contributed by atoms with Gasteiger partial charge in [-0.15, -0.1) is 0 Å². The molecule has 120 valence electrons. The number of methoxy groups -OCH3 is 1. The molecule has 0 saturated carbocycles. The summed E-state index contributed by atoms with van der Waals surface area (Å²) in [4.78, 5) is 0.229. The minimum Gasteiger partial charge on any atom is -0.495 e. The summed E-state index contributed by atoms with van der Waals surface area (Å²) in [5, 5.41) is 3.04. The average Bonchev–Trinajstić information content (AvgIpc) is 2.44. The number of sulfonamides is 1. The predicted octanol–water partition coefficient (Wildman–Crippen LogP) is 2.22.